The maximum atomic E-state index is 13.1. The van der Waals surface area contributed by atoms with Gasteiger partial charge in [0.1, 0.15) is 11.6 Å². The Hall–Kier alpha value is -4.01. The summed E-state index contributed by atoms with van der Waals surface area (Å²) in [6.07, 6.45) is 2.17. The summed E-state index contributed by atoms with van der Waals surface area (Å²) < 4.78 is 16.2. The van der Waals surface area contributed by atoms with Gasteiger partial charge < -0.3 is 24.5 Å². The number of ether oxygens (including phenoxy) is 3. The third kappa shape index (κ3) is 3.53. The molecule has 1 fully saturated rings. The number of H-pyrrole nitrogens is 1. The van der Waals surface area contributed by atoms with E-state index in [9.17, 15) is 14.4 Å². The minimum atomic E-state index is -0.985. The number of aromatic nitrogens is 1. The van der Waals surface area contributed by atoms with E-state index in [0.717, 1.165) is 16.5 Å². The second-order valence-electron chi connectivity index (χ2n) is 8.28. The van der Waals surface area contributed by atoms with E-state index in [4.69, 9.17) is 14.2 Å². The number of hydrogen-bond acceptors (Lipinski definition) is 6. The summed E-state index contributed by atoms with van der Waals surface area (Å²) in [5, 5.41) is 4.06. The van der Waals surface area contributed by atoms with Crippen LogP contribution in [0, 0.1) is 0 Å². The van der Waals surface area contributed by atoms with Crippen LogP contribution in [0.1, 0.15) is 40.6 Å². The average Bonchev–Trinajstić information content (AvgIpc) is 3.53. The lowest BCUT2D eigenvalue weighted by molar-refractivity contribution is -0.145. The molecule has 1 saturated heterocycles. The van der Waals surface area contributed by atoms with Crippen LogP contribution >= 0.6 is 0 Å². The third-order valence-corrected chi connectivity index (χ3v) is 6.45. The molecule has 1 unspecified atom stereocenters. The van der Waals surface area contributed by atoms with Gasteiger partial charge in [0.2, 0.25) is 18.0 Å². The predicted octanol–water partition coefficient (Wildman–Crippen LogP) is 2.70. The first-order chi connectivity index (χ1) is 16.5. The molecule has 5 rings (SSSR count). The van der Waals surface area contributed by atoms with Crippen LogP contribution in [0.3, 0.4) is 0 Å². The largest absolute Gasteiger partial charge is 0.493 e. The van der Waals surface area contributed by atoms with Gasteiger partial charge in [0.25, 0.3) is 0 Å². The molecule has 176 valence electrons. The van der Waals surface area contributed by atoms with Crippen molar-refractivity contribution in [3.8, 4) is 11.5 Å². The first kappa shape index (κ1) is 21.8. The molecule has 2 aliphatic rings. The topological polar surface area (TPSA) is 110 Å². The number of carbonyl (C=O) groups excluding carboxylic acids is 3. The van der Waals surface area contributed by atoms with Crippen LogP contribution in [0.25, 0.3) is 10.9 Å². The molecule has 2 aromatic carbocycles. The number of likely N-dealkylation sites (tertiary alicyclic amines) is 1. The van der Waals surface area contributed by atoms with Crippen LogP contribution in [0.5, 0.6) is 11.5 Å². The van der Waals surface area contributed by atoms with Crippen molar-refractivity contribution in [1.29, 1.82) is 0 Å². The summed E-state index contributed by atoms with van der Waals surface area (Å²) in [5.74, 6) is -0.487. The molecule has 0 bridgehead atoms. The Bertz CT molecular complexity index is 1280. The lowest BCUT2D eigenvalue weighted by Crippen LogP contribution is -2.46. The Balaban J connectivity index is 1.33. The van der Waals surface area contributed by atoms with Crippen molar-refractivity contribution in [3.05, 3.63) is 59.3 Å². The lowest BCUT2D eigenvalue weighted by Gasteiger charge is -2.29. The number of benzene rings is 2. The molecule has 34 heavy (non-hydrogen) atoms. The van der Waals surface area contributed by atoms with Crippen LogP contribution in [0.2, 0.25) is 0 Å². The smallest absolute Gasteiger partial charge is 0.344 e. The van der Waals surface area contributed by atoms with Crippen molar-refractivity contribution in [2.75, 3.05) is 20.8 Å². The van der Waals surface area contributed by atoms with Crippen LogP contribution < -0.4 is 14.8 Å². The van der Waals surface area contributed by atoms with Crippen LogP contribution in [-0.4, -0.2) is 54.5 Å². The van der Waals surface area contributed by atoms with Gasteiger partial charge in [0, 0.05) is 35.6 Å². The molecular weight excluding hydrogens is 438 g/mol. The number of fused-ring (bicyclic) bond motifs is 2. The minimum absolute atomic E-state index is 0.206. The fourth-order valence-corrected chi connectivity index (χ4v) is 4.82. The number of carbonyl (C=O) groups is 3. The summed E-state index contributed by atoms with van der Waals surface area (Å²) in [4.78, 5) is 43.1. The Morgan fingerprint density at radius 2 is 2.00 bits per heavy atom. The van der Waals surface area contributed by atoms with E-state index in [1.807, 2.05) is 30.5 Å². The van der Waals surface area contributed by atoms with E-state index in [1.165, 1.54) is 19.1 Å². The second-order valence-corrected chi connectivity index (χ2v) is 8.28. The number of para-hydroxylation sites is 1. The molecule has 0 aliphatic carbocycles. The van der Waals surface area contributed by atoms with Gasteiger partial charge in [-0.15, -0.1) is 0 Å². The van der Waals surface area contributed by atoms with Gasteiger partial charge in [-0.25, -0.2) is 4.79 Å². The first-order valence-corrected chi connectivity index (χ1v) is 11.1. The minimum Gasteiger partial charge on any atom is -0.493 e. The van der Waals surface area contributed by atoms with E-state index in [-0.39, 0.29) is 29.5 Å². The third-order valence-electron chi connectivity index (χ3n) is 6.45. The zero-order valence-corrected chi connectivity index (χ0v) is 18.9. The summed E-state index contributed by atoms with van der Waals surface area (Å²) in [5.41, 5.74) is 2.85. The zero-order valence-electron chi connectivity index (χ0n) is 18.9. The molecule has 0 radical (unpaired) electrons. The van der Waals surface area contributed by atoms with Crippen LogP contribution in [0.4, 0.5) is 0 Å². The first-order valence-electron chi connectivity index (χ1n) is 11.1. The Labute approximate surface area is 196 Å². The molecular formula is C25H25N3O6. The summed E-state index contributed by atoms with van der Waals surface area (Å²) in [6.45, 7) is 0.422. The molecule has 2 aliphatic heterocycles. The van der Waals surface area contributed by atoms with Gasteiger partial charge >= 0.3 is 5.97 Å². The molecule has 9 heteroatoms. The van der Waals surface area contributed by atoms with Crippen molar-refractivity contribution < 1.29 is 28.6 Å². The quantitative estimate of drug-likeness (QED) is 0.522. The maximum absolute atomic E-state index is 13.1. The van der Waals surface area contributed by atoms with E-state index < -0.39 is 18.2 Å². The monoisotopic (exact) mass is 463 g/mol. The van der Waals surface area contributed by atoms with E-state index in [1.54, 1.807) is 12.1 Å². The molecule has 2 amide bonds. The molecule has 1 aromatic heterocycles. The van der Waals surface area contributed by atoms with Crippen molar-refractivity contribution in [2.24, 2.45) is 0 Å². The molecule has 2 atom stereocenters. The highest BCUT2D eigenvalue weighted by molar-refractivity contribution is 5.99. The van der Waals surface area contributed by atoms with Gasteiger partial charge in [0.15, 0.2) is 11.5 Å². The average molecular weight is 463 g/mol. The SMILES string of the molecule is COc1ccc2c(c1OC)C(=O)OC2N1C(=O)CC[C@H]1C(=O)NCCc1c[nH]c2ccccc12. The number of cyclic esters (lactones) is 1. The number of rotatable bonds is 7. The number of hydrogen-bond donors (Lipinski definition) is 2. The van der Waals surface area contributed by atoms with E-state index >= 15 is 0 Å². The molecule has 3 aromatic rings. The number of nitrogens with zero attached hydrogens (tertiary/aromatic N) is 1. The van der Waals surface area contributed by atoms with Crippen molar-refractivity contribution in [3.63, 3.8) is 0 Å². The fourth-order valence-electron chi connectivity index (χ4n) is 4.82. The Morgan fingerprint density at radius 3 is 2.79 bits per heavy atom. The summed E-state index contributed by atoms with van der Waals surface area (Å²) >= 11 is 0. The fraction of sp³-hybridized carbons (Fsp3) is 0.320. The van der Waals surface area contributed by atoms with Gasteiger partial charge in [-0.3, -0.25) is 14.5 Å². The number of nitrogens with one attached hydrogen (secondary N) is 2. The second kappa shape index (κ2) is 8.74. The molecule has 0 spiro atoms. The van der Waals surface area contributed by atoms with Gasteiger partial charge in [-0.1, -0.05) is 18.2 Å². The standard InChI is InChI=1S/C25H25N3O6/c1-32-19-9-7-16-21(22(19)33-2)25(31)34-24(16)28-18(8-10-20(28)29)23(30)26-12-11-14-13-27-17-6-4-3-5-15(14)17/h3-7,9,13,18,24,27H,8,10-12H2,1-2H3,(H,26,30)/t18-,24?/m0/s1. The van der Waals surface area contributed by atoms with Crippen molar-refractivity contribution >= 4 is 28.7 Å². The Morgan fingerprint density at radius 1 is 1.18 bits per heavy atom. The normalized spacial score (nSPS) is 19.3. The summed E-state index contributed by atoms with van der Waals surface area (Å²) in [7, 11) is 2.91. The lowest BCUT2D eigenvalue weighted by atomic mass is 10.0. The molecule has 2 N–H and O–H groups in total. The van der Waals surface area contributed by atoms with E-state index in [0.29, 0.717) is 30.7 Å². The molecule has 9 nitrogen and oxygen atoms in total. The van der Waals surface area contributed by atoms with Crippen LogP contribution in [-0.2, 0) is 20.7 Å². The van der Waals surface area contributed by atoms with Gasteiger partial charge in [-0.2, -0.15) is 0 Å². The Kier molecular flexibility index (Phi) is 5.61. The number of esters is 1. The molecule has 3 heterocycles. The van der Waals surface area contributed by atoms with Crippen LogP contribution in [0.15, 0.2) is 42.6 Å². The number of aromatic amines is 1. The summed E-state index contributed by atoms with van der Waals surface area (Å²) in [6, 6.07) is 10.6. The van der Waals surface area contributed by atoms with E-state index in [2.05, 4.69) is 10.3 Å². The van der Waals surface area contributed by atoms with Gasteiger partial charge in [-0.05, 0) is 36.6 Å². The van der Waals surface area contributed by atoms with Crippen molar-refractivity contribution in [2.45, 2.75) is 31.5 Å². The molecule has 0 saturated carbocycles. The highest BCUT2D eigenvalue weighted by Crippen LogP contribution is 2.45. The van der Waals surface area contributed by atoms with Crippen molar-refractivity contribution in [1.82, 2.24) is 15.2 Å². The van der Waals surface area contributed by atoms with Gasteiger partial charge in [0.05, 0.1) is 14.2 Å². The predicted molar refractivity (Wildman–Crippen MR) is 123 cm³/mol. The highest BCUT2D eigenvalue weighted by Gasteiger charge is 2.47. The number of methoxy groups -OCH3 is 2. The maximum Gasteiger partial charge on any atom is 0.344 e. The highest BCUT2D eigenvalue weighted by atomic mass is 16.6. The number of amides is 2. The zero-order chi connectivity index (χ0) is 23.8.